The van der Waals surface area contributed by atoms with E-state index in [0.717, 1.165) is 10.8 Å². The predicted molar refractivity (Wildman–Crippen MR) is 42.6 cm³/mol. The molecule has 1 aromatic carbocycles. The Labute approximate surface area is 61.7 Å². The summed E-state index contributed by atoms with van der Waals surface area (Å²) in [6, 6.07) is 7.84. The van der Waals surface area contributed by atoms with Crippen molar-refractivity contribution in [2.24, 2.45) is 0 Å². The monoisotopic (exact) mass is 150 g/mol. The molecule has 0 unspecified atom stereocenters. The molecule has 50 valence electrons. The molecule has 2 aromatic rings. The van der Waals surface area contributed by atoms with Gasteiger partial charge in [0.05, 0.1) is 0 Å². The minimum atomic E-state index is -0.869. The summed E-state index contributed by atoms with van der Waals surface area (Å²) in [4.78, 5) is 0. The van der Waals surface area contributed by atoms with Crippen LogP contribution in [0.15, 0.2) is 35.0 Å². The highest BCUT2D eigenvalue weighted by Gasteiger charge is 1.97. The van der Waals surface area contributed by atoms with Crippen LogP contribution in [0, 0.1) is 0 Å². The minimum absolute atomic E-state index is 0.869. The van der Waals surface area contributed by atoms with Gasteiger partial charge in [-0.3, -0.25) is 0 Å². The molecule has 0 amide bonds. The molecule has 0 saturated heterocycles. The Hall–Kier alpha value is -0.860. The summed E-state index contributed by atoms with van der Waals surface area (Å²) in [5, 5.41) is 5.69. The van der Waals surface area contributed by atoms with E-state index in [2.05, 4.69) is 0 Å². The zero-order valence-electron chi connectivity index (χ0n) is 5.28. The van der Waals surface area contributed by atoms with Gasteiger partial charge < -0.3 is 4.55 Å². The van der Waals surface area contributed by atoms with Gasteiger partial charge in [0.1, 0.15) is 10.8 Å². The first-order chi connectivity index (χ1) is 4.86. The molecular formula is C8H6OS. The number of thiophene rings is 1. The first kappa shape index (κ1) is 5.89. The quantitative estimate of drug-likeness (QED) is 0.529. The van der Waals surface area contributed by atoms with Gasteiger partial charge in [0.15, 0.2) is 0 Å². The second-order valence-corrected chi connectivity index (χ2v) is 3.32. The summed E-state index contributed by atoms with van der Waals surface area (Å²) in [5.41, 5.74) is 0. The summed E-state index contributed by atoms with van der Waals surface area (Å²) in [6.07, 6.45) is 0. The molecule has 1 heterocycles. The van der Waals surface area contributed by atoms with Crippen molar-refractivity contribution in [2.45, 2.75) is 0 Å². The van der Waals surface area contributed by atoms with Crippen molar-refractivity contribution in [2.75, 3.05) is 0 Å². The van der Waals surface area contributed by atoms with Crippen LogP contribution in [0.3, 0.4) is 0 Å². The topological polar surface area (TPSA) is 23.1 Å². The van der Waals surface area contributed by atoms with E-state index >= 15 is 0 Å². The van der Waals surface area contributed by atoms with Gasteiger partial charge in [0, 0.05) is 10.8 Å². The Balaban J connectivity index is 2.88. The van der Waals surface area contributed by atoms with E-state index in [1.165, 1.54) is 0 Å². The third kappa shape index (κ3) is 0.818. The molecule has 10 heavy (non-hydrogen) atoms. The smallest absolute Gasteiger partial charge is 0.144 e. The number of fused-ring (bicyclic) bond motifs is 1. The lowest BCUT2D eigenvalue weighted by Crippen LogP contribution is -1.57. The van der Waals surface area contributed by atoms with Crippen molar-refractivity contribution < 1.29 is 4.55 Å². The lowest BCUT2D eigenvalue weighted by molar-refractivity contribution is 0.598. The van der Waals surface area contributed by atoms with E-state index in [4.69, 9.17) is 0 Å². The molecule has 1 nitrogen and oxygen atoms in total. The highest BCUT2D eigenvalue weighted by atomic mass is 32.2. The van der Waals surface area contributed by atoms with Crippen molar-refractivity contribution in [1.29, 1.82) is 0 Å². The van der Waals surface area contributed by atoms with Crippen LogP contribution in [0.2, 0.25) is 0 Å². The summed E-state index contributed by atoms with van der Waals surface area (Å²) in [6.45, 7) is 0. The molecule has 0 atom stereocenters. The van der Waals surface area contributed by atoms with Crippen LogP contribution in [0.5, 0.6) is 0 Å². The van der Waals surface area contributed by atoms with E-state index in [1.54, 1.807) is 10.8 Å². The number of hydrogen-bond acceptors (Lipinski definition) is 1. The van der Waals surface area contributed by atoms with Gasteiger partial charge in [-0.15, -0.1) is 0 Å². The second kappa shape index (κ2) is 2.08. The van der Waals surface area contributed by atoms with Crippen LogP contribution in [-0.4, -0.2) is 4.55 Å². The molecule has 0 aliphatic carbocycles. The van der Waals surface area contributed by atoms with Gasteiger partial charge >= 0.3 is 0 Å². The van der Waals surface area contributed by atoms with E-state index in [0.29, 0.717) is 0 Å². The fraction of sp³-hybridized carbons (Fsp3) is 0. The highest BCUT2D eigenvalue weighted by molar-refractivity contribution is 7.23. The molecule has 0 radical (unpaired) electrons. The number of hydrogen-bond donors (Lipinski definition) is 0. The second-order valence-electron chi connectivity index (χ2n) is 2.19. The molecule has 0 N–H and O–H groups in total. The fourth-order valence-corrected chi connectivity index (χ4v) is 2.01. The molecular weight excluding hydrogens is 144 g/mol. The van der Waals surface area contributed by atoms with Gasteiger partial charge in [-0.2, -0.15) is 0 Å². The normalized spacial score (nSPS) is 10.5. The van der Waals surface area contributed by atoms with Gasteiger partial charge in [-0.1, -0.05) is 22.9 Å². The lowest BCUT2D eigenvalue weighted by Gasteiger charge is -1.79. The van der Waals surface area contributed by atoms with E-state index in [-0.39, 0.29) is 0 Å². The fourth-order valence-electron chi connectivity index (χ4n) is 1.01. The van der Waals surface area contributed by atoms with E-state index in [9.17, 15) is 4.55 Å². The third-order valence-corrected chi connectivity index (χ3v) is 2.45. The van der Waals surface area contributed by atoms with Gasteiger partial charge in [-0.25, -0.2) is 0 Å². The molecule has 0 bridgehead atoms. The van der Waals surface area contributed by atoms with E-state index < -0.39 is 10.8 Å². The van der Waals surface area contributed by atoms with Crippen LogP contribution in [-0.2, 0) is 0 Å². The Morgan fingerprint density at radius 2 is 1.50 bits per heavy atom. The summed E-state index contributed by atoms with van der Waals surface area (Å²) in [7, 11) is -0.869. The van der Waals surface area contributed by atoms with Crippen molar-refractivity contribution in [3.63, 3.8) is 0 Å². The van der Waals surface area contributed by atoms with Gasteiger partial charge in [0.25, 0.3) is 0 Å². The van der Waals surface area contributed by atoms with Crippen molar-refractivity contribution in [3.8, 4) is 0 Å². The standard InChI is InChI=1S/C8H6OS/c9-10-5-7-3-1-2-4-8(7)6-10/h1-6H. The highest BCUT2D eigenvalue weighted by Crippen LogP contribution is 2.23. The molecule has 0 aliphatic rings. The molecule has 1 aromatic heterocycles. The average Bonchev–Trinajstić information content (AvgIpc) is 2.27. The molecule has 0 fully saturated rings. The Morgan fingerprint density at radius 1 is 1.00 bits per heavy atom. The molecule has 2 rings (SSSR count). The van der Waals surface area contributed by atoms with Gasteiger partial charge in [-0.05, 0) is 12.1 Å². The summed E-state index contributed by atoms with van der Waals surface area (Å²) >= 11 is 0. The van der Waals surface area contributed by atoms with Crippen LogP contribution in [0.4, 0.5) is 0 Å². The Kier molecular flexibility index (Phi) is 1.22. The third-order valence-electron chi connectivity index (χ3n) is 1.48. The zero-order chi connectivity index (χ0) is 6.97. The maximum atomic E-state index is 10.9. The summed E-state index contributed by atoms with van der Waals surface area (Å²) < 4.78 is 10.9. The molecule has 0 spiro atoms. The Morgan fingerprint density at radius 3 is 2.00 bits per heavy atom. The first-order valence-corrected chi connectivity index (χ1v) is 4.32. The predicted octanol–water partition coefficient (Wildman–Crippen LogP) is 2.57. The van der Waals surface area contributed by atoms with E-state index in [1.807, 2.05) is 24.3 Å². The van der Waals surface area contributed by atoms with Gasteiger partial charge in [0.2, 0.25) is 0 Å². The zero-order valence-corrected chi connectivity index (χ0v) is 6.10. The van der Waals surface area contributed by atoms with Crippen molar-refractivity contribution >= 4 is 21.5 Å². The molecule has 0 saturated carbocycles. The lowest BCUT2D eigenvalue weighted by atomic mass is 10.2. The molecule has 0 aliphatic heterocycles. The minimum Gasteiger partial charge on any atom is -0.591 e. The first-order valence-electron chi connectivity index (χ1n) is 3.04. The average molecular weight is 150 g/mol. The maximum absolute atomic E-state index is 10.9. The van der Waals surface area contributed by atoms with Crippen LogP contribution in [0.1, 0.15) is 0 Å². The van der Waals surface area contributed by atoms with Crippen LogP contribution in [0.25, 0.3) is 10.8 Å². The van der Waals surface area contributed by atoms with Crippen LogP contribution >= 0.6 is 10.8 Å². The molecule has 2 heteroatoms. The number of benzene rings is 1. The number of rotatable bonds is 0. The SMILES string of the molecule is [O-][s+]1cc2ccccc2c1. The maximum Gasteiger partial charge on any atom is 0.144 e. The van der Waals surface area contributed by atoms with Crippen molar-refractivity contribution in [3.05, 3.63) is 35.0 Å². The van der Waals surface area contributed by atoms with Crippen LogP contribution < -0.4 is 0 Å². The summed E-state index contributed by atoms with van der Waals surface area (Å²) in [5.74, 6) is 0. The van der Waals surface area contributed by atoms with Crippen molar-refractivity contribution in [1.82, 2.24) is 0 Å². The largest absolute Gasteiger partial charge is 0.591 e. The Bertz CT molecular complexity index is 318.